The molecule has 0 aliphatic heterocycles. The van der Waals surface area contributed by atoms with E-state index >= 15 is 0 Å². The number of aliphatic carboxylic acids is 1. The van der Waals surface area contributed by atoms with Crippen molar-refractivity contribution in [2.45, 2.75) is 18.3 Å². The van der Waals surface area contributed by atoms with Crippen LogP contribution >= 0.6 is 24.0 Å². The van der Waals surface area contributed by atoms with Crippen LogP contribution in [0.15, 0.2) is 30.3 Å². The highest BCUT2D eigenvalue weighted by Gasteiger charge is 2.32. The van der Waals surface area contributed by atoms with Gasteiger partial charge in [0.2, 0.25) is 0 Å². The van der Waals surface area contributed by atoms with Gasteiger partial charge in [-0.2, -0.15) is 5.26 Å². The first-order valence-electron chi connectivity index (χ1n) is 5.38. The molecule has 0 aromatic heterocycles. The molecule has 0 saturated heterocycles. The quantitative estimate of drug-likeness (QED) is 0.777. The first kappa shape index (κ1) is 14.7. The molecule has 3 nitrogen and oxygen atoms in total. The lowest BCUT2D eigenvalue weighted by Gasteiger charge is -2.25. The van der Waals surface area contributed by atoms with E-state index in [4.69, 9.17) is 17.3 Å². The number of nitriles is 1. The zero-order chi connectivity index (χ0) is 13.4. The minimum absolute atomic E-state index is 0.0273. The molecule has 1 atom stereocenters. The second-order valence-electron chi connectivity index (χ2n) is 3.86. The van der Waals surface area contributed by atoms with Crippen molar-refractivity contribution < 1.29 is 9.90 Å². The van der Waals surface area contributed by atoms with Gasteiger partial charge < -0.3 is 5.11 Å². The number of carboxylic acids is 1. The van der Waals surface area contributed by atoms with E-state index in [1.807, 2.05) is 30.3 Å². The minimum atomic E-state index is -0.891. The third kappa shape index (κ3) is 3.83. The molecule has 1 N–H and O–H groups in total. The molecule has 18 heavy (non-hydrogen) atoms. The first-order chi connectivity index (χ1) is 8.64. The summed E-state index contributed by atoms with van der Waals surface area (Å²) in [4.78, 5) is 10.7. The summed E-state index contributed by atoms with van der Waals surface area (Å²) in [6.07, 6.45) is 0.263. The number of benzene rings is 1. The zero-order valence-electron chi connectivity index (χ0n) is 9.70. The maximum Gasteiger partial charge on any atom is 0.303 e. The number of hydrogen-bond acceptors (Lipinski definition) is 4. The van der Waals surface area contributed by atoms with Gasteiger partial charge in [-0.3, -0.25) is 4.79 Å². The van der Waals surface area contributed by atoms with Crippen LogP contribution < -0.4 is 0 Å². The predicted molar refractivity (Wildman–Crippen MR) is 76.7 cm³/mol. The van der Waals surface area contributed by atoms with Crippen LogP contribution in [0.5, 0.6) is 0 Å². The Labute approximate surface area is 116 Å². The van der Waals surface area contributed by atoms with Crippen LogP contribution in [0.25, 0.3) is 0 Å². The van der Waals surface area contributed by atoms with Gasteiger partial charge >= 0.3 is 5.97 Å². The van der Waals surface area contributed by atoms with Gasteiger partial charge in [-0.15, -0.1) is 11.8 Å². The summed E-state index contributed by atoms with van der Waals surface area (Å²) in [5.41, 5.74) is 0.0534. The molecule has 0 amide bonds. The Morgan fingerprint density at radius 3 is 2.67 bits per heavy atom. The van der Waals surface area contributed by atoms with Gasteiger partial charge in [-0.05, 0) is 12.0 Å². The molecule has 94 valence electrons. The Hall–Kier alpha value is -1.38. The number of carboxylic acid groups (broad SMARTS) is 1. The maximum absolute atomic E-state index is 10.7. The molecule has 1 aromatic rings. The molecule has 0 aliphatic rings. The van der Waals surface area contributed by atoms with Crippen LogP contribution in [-0.2, 0) is 10.2 Å². The number of hydrogen-bond donors (Lipinski definition) is 1. The van der Waals surface area contributed by atoms with E-state index in [-0.39, 0.29) is 6.42 Å². The van der Waals surface area contributed by atoms with Crippen molar-refractivity contribution in [2.75, 3.05) is 5.75 Å². The van der Waals surface area contributed by atoms with E-state index in [1.165, 1.54) is 16.5 Å². The molecule has 1 aromatic carbocycles. The van der Waals surface area contributed by atoms with Crippen molar-refractivity contribution in [3.8, 4) is 6.07 Å². The Kier molecular flexibility index (Phi) is 5.83. The molecule has 0 fully saturated rings. The number of thiocarbonyl (C=S) groups is 1. The van der Waals surface area contributed by atoms with Crippen LogP contribution in [0, 0.1) is 11.3 Å². The molecule has 0 spiro atoms. The fourth-order valence-corrected chi connectivity index (χ4v) is 2.64. The molecule has 0 saturated carbocycles. The first-order valence-corrected chi connectivity index (χ1v) is 6.90. The highest BCUT2D eigenvalue weighted by Crippen LogP contribution is 2.32. The van der Waals surface area contributed by atoms with Crippen molar-refractivity contribution in [1.82, 2.24) is 0 Å². The summed E-state index contributed by atoms with van der Waals surface area (Å²) in [5.74, 6) is -0.414. The lowest BCUT2D eigenvalue weighted by Crippen LogP contribution is -2.28. The van der Waals surface area contributed by atoms with Crippen molar-refractivity contribution in [3.63, 3.8) is 0 Å². The zero-order valence-corrected chi connectivity index (χ0v) is 11.3. The lowest BCUT2D eigenvalue weighted by atomic mass is 9.80. The summed E-state index contributed by atoms with van der Waals surface area (Å²) in [6, 6.07) is 11.6. The largest absolute Gasteiger partial charge is 0.481 e. The molecular formula is C13H13NO2S2. The second-order valence-corrected chi connectivity index (χ2v) is 5.25. The third-order valence-electron chi connectivity index (χ3n) is 2.70. The van der Waals surface area contributed by atoms with E-state index in [0.717, 1.165) is 5.56 Å². The number of thioether (sulfide) groups is 1. The second kappa shape index (κ2) is 7.14. The van der Waals surface area contributed by atoms with E-state index < -0.39 is 11.4 Å². The van der Waals surface area contributed by atoms with Crippen molar-refractivity contribution >= 4 is 34.6 Å². The van der Waals surface area contributed by atoms with Crippen LogP contribution in [0.4, 0.5) is 0 Å². The summed E-state index contributed by atoms with van der Waals surface area (Å²) in [5, 5.41) is 18.3. The lowest BCUT2D eigenvalue weighted by molar-refractivity contribution is -0.137. The van der Waals surface area contributed by atoms with Crippen LogP contribution in [-0.4, -0.2) is 21.5 Å². The van der Waals surface area contributed by atoms with Crippen LogP contribution in [0.1, 0.15) is 18.4 Å². The normalized spacial score (nSPS) is 13.3. The van der Waals surface area contributed by atoms with Crippen LogP contribution in [0.2, 0.25) is 0 Å². The molecule has 1 unspecified atom stereocenters. The molecule has 5 heteroatoms. The maximum atomic E-state index is 10.7. The Balaban J connectivity index is 3.02. The van der Waals surface area contributed by atoms with E-state index in [2.05, 4.69) is 6.07 Å². The van der Waals surface area contributed by atoms with E-state index in [1.54, 1.807) is 0 Å². The Bertz CT molecular complexity index is 456. The SMILES string of the molecule is N#CC(CCC(=O)O)(CSC=S)c1ccccc1. The van der Waals surface area contributed by atoms with Gasteiger partial charge in [-0.25, -0.2) is 0 Å². The highest BCUT2D eigenvalue weighted by molar-refractivity contribution is 8.20. The fraction of sp³-hybridized carbons (Fsp3) is 0.308. The monoisotopic (exact) mass is 279 g/mol. The molecule has 0 aliphatic carbocycles. The molecular weight excluding hydrogens is 266 g/mol. The van der Waals surface area contributed by atoms with Gasteiger partial charge in [-0.1, -0.05) is 42.5 Å². The third-order valence-corrected chi connectivity index (χ3v) is 3.91. The Morgan fingerprint density at radius 1 is 1.50 bits per heavy atom. The average Bonchev–Trinajstić information content (AvgIpc) is 2.40. The van der Waals surface area contributed by atoms with Crippen molar-refractivity contribution in [3.05, 3.63) is 35.9 Å². The Morgan fingerprint density at radius 2 is 2.17 bits per heavy atom. The smallest absolute Gasteiger partial charge is 0.303 e. The van der Waals surface area contributed by atoms with Gasteiger partial charge in [0, 0.05) is 16.9 Å². The highest BCUT2D eigenvalue weighted by atomic mass is 32.2. The molecule has 0 radical (unpaired) electrons. The summed E-state index contributed by atoms with van der Waals surface area (Å²) < 4.78 is 1.51. The molecule has 1 rings (SSSR count). The summed E-state index contributed by atoms with van der Waals surface area (Å²) >= 11 is 6.13. The summed E-state index contributed by atoms with van der Waals surface area (Å²) in [6.45, 7) is 0. The molecule has 0 bridgehead atoms. The fourth-order valence-electron chi connectivity index (χ4n) is 1.71. The average molecular weight is 279 g/mol. The van der Waals surface area contributed by atoms with Gasteiger partial charge in [0.05, 0.1) is 11.5 Å². The number of nitrogens with zero attached hydrogens (tertiary/aromatic N) is 1. The van der Waals surface area contributed by atoms with E-state index in [0.29, 0.717) is 12.2 Å². The summed E-state index contributed by atoms with van der Waals surface area (Å²) in [7, 11) is 0. The van der Waals surface area contributed by atoms with Crippen molar-refractivity contribution in [1.29, 1.82) is 5.26 Å². The number of rotatable bonds is 7. The standard InChI is InChI=1S/C13H13NO2S2/c14-8-13(9-18-10-17,7-6-12(15)16)11-4-2-1-3-5-11/h1-5,10H,6-7,9H2,(H,15,16). The van der Waals surface area contributed by atoms with E-state index in [9.17, 15) is 10.1 Å². The van der Waals surface area contributed by atoms with Gasteiger partial charge in [0.1, 0.15) is 0 Å². The number of carbonyl (C=O) groups is 1. The predicted octanol–water partition coefficient (Wildman–Crippen LogP) is 3.00. The van der Waals surface area contributed by atoms with Gasteiger partial charge in [0.15, 0.2) is 0 Å². The van der Waals surface area contributed by atoms with Crippen LogP contribution in [0.3, 0.4) is 0 Å². The topological polar surface area (TPSA) is 61.1 Å². The van der Waals surface area contributed by atoms with Crippen molar-refractivity contribution in [2.24, 2.45) is 0 Å². The molecule has 0 heterocycles. The minimum Gasteiger partial charge on any atom is -0.481 e. The van der Waals surface area contributed by atoms with Gasteiger partial charge in [0.25, 0.3) is 0 Å².